The number of aliphatic hydroxyl groups excluding tert-OH is 8. The molecule has 24 heteroatoms. The molecule has 16 atom stereocenters. The van der Waals surface area contributed by atoms with Crippen LogP contribution in [-0.4, -0.2) is 200 Å². The number of ether oxygens (including phenoxy) is 6. The number of carboxylic acid groups (broad SMARTS) is 1. The van der Waals surface area contributed by atoms with Gasteiger partial charge in [0.15, 0.2) is 18.3 Å². The van der Waals surface area contributed by atoms with Gasteiger partial charge in [-0.05, 0) is 12.1 Å². The van der Waals surface area contributed by atoms with Crippen molar-refractivity contribution >= 4 is 23.7 Å². The van der Waals surface area contributed by atoms with Gasteiger partial charge in [0, 0.05) is 33.4 Å². The maximum atomic E-state index is 13.0. The van der Waals surface area contributed by atoms with Crippen molar-refractivity contribution in [3.63, 3.8) is 0 Å². The first-order valence-corrected chi connectivity index (χ1v) is 17.5. The van der Waals surface area contributed by atoms with Crippen LogP contribution in [0.25, 0.3) is 0 Å². The third-order valence-electron chi connectivity index (χ3n) is 9.28. The van der Waals surface area contributed by atoms with Crippen LogP contribution in [0.3, 0.4) is 0 Å². The number of carbonyl (C=O) groups excluding carboxylic acids is 3. The van der Waals surface area contributed by atoms with Crippen molar-refractivity contribution in [3.05, 3.63) is 24.2 Å². The average Bonchev–Trinajstić information content (AvgIpc) is 3.70. The summed E-state index contributed by atoms with van der Waals surface area (Å²) in [6, 6.07) is -0.200. The molecule has 3 amide bonds. The Labute approximate surface area is 318 Å². The second-order valence-electron chi connectivity index (χ2n) is 13.4. The number of aliphatic hydroxyl groups is 8. The first-order chi connectivity index (χ1) is 26.5. The van der Waals surface area contributed by atoms with Crippen molar-refractivity contribution in [3.8, 4) is 0 Å². The van der Waals surface area contributed by atoms with E-state index in [1.165, 1.54) is 18.4 Å². The number of carbonyl (C=O) groups is 4. The molecule has 0 saturated carbocycles. The molecule has 3 saturated heterocycles. The van der Waals surface area contributed by atoms with Gasteiger partial charge in [-0.2, -0.15) is 0 Å². The molecule has 0 spiro atoms. The molecule has 1 aromatic rings. The van der Waals surface area contributed by atoms with E-state index >= 15 is 0 Å². The minimum Gasteiger partial charge on any atom is -0.477 e. The van der Waals surface area contributed by atoms with E-state index in [9.17, 15) is 65.1 Å². The van der Waals surface area contributed by atoms with Gasteiger partial charge >= 0.3 is 5.97 Å². The molecule has 56 heavy (non-hydrogen) atoms. The van der Waals surface area contributed by atoms with Crippen LogP contribution in [0.2, 0.25) is 0 Å². The van der Waals surface area contributed by atoms with E-state index in [4.69, 9.17) is 38.6 Å². The molecule has 24 nitrogen and oxygen atoms in total. The van der Waals surface area contributed by atoms with Crippen molar-refractivity contribution in [2.45, 2.75) is 118 Å². The van der Waals surface area contributed by atoms with E-state index in [-0.39, 0.29) is 18.9 Å². The van der Waals surface area contributed by atoms with Crippen molar-refractivity contribution in [2.75, 3.05) is 32.9 Å². The second-order valence-corrected chi connectivity index (χ2v) is 13.4. The summed E-state index contributed by atoms with van der Waals surface area (Å²) in [7, 11) is 0. The van der Waals surface area contributed by atoms with Gasteiger partial charge in [-0.25, -0.2) is 4.79 Å². The van der Waals surface area contributed by atoms with E-state index < -0.39 is 147 Å². The van der Waals surface area contributed by atoms with Gasteiger partial charge in [-0.3, -0.25) is 14.4 Å². The fourth-order valence-corrected chi connectivity index (χ4v) is 6.58. The van der Waals surface area contributed by atoms with Gasteiger partial charge in [-0.15, -0.1) is 0 Å². The number of hydrogen-bond acceptors (Lipinski definition) is 20. The fourth-order valence-electron chi connectivity index (χ4n) is 6.58. The molecule has 14 N–H and O–H groups in total. The molecule has 4 heterocycles. The zero-order valence-electron chi connectivity index (χ0n) is 30.2. The largest absolute Gasteiger partial charge is 0.477 e. The molecule has 1 aromatic heterocycles. The van der Waals surface area contributed by atoms with Gasteiger partial charge in [0.1, 0.15) is 61.0 Å². The lowest BCUT2D eigenvalue weighted by atomic mass is 9.88. The molecular weight excluding hydrogens is 760 g/mol. The Hall–Kier alpha value is -3.44. The van der Waals surface area contributed by atoms with Crippen LogP contribution in [0.15, 0.2) is 22.8 Å². The summed E-state index contributed by atoms with van der Waals surface area (Å²) in [5, 5.41) is 105. The topological polar surface area (TPSA) is 381 Å². The highest BCUT2D eigenvalue weighted by atomic mass is 16.8. The van der Waals surface area contributed by atoms with Crippen molar-refractivity contribution < 1.29 is 98.0 Å². The number of amides is 3. The smallest absolute Gasteiger partial charge is 0.364 e. The predicted molar refractivity (Wildman–Crippen MR) is 178 cm³/mol. The van der Waals surface area contributed by atoms with Crippen LogP contribution >= 0.6 is 0 Å². The number of aliphatic carboxylic acids is 1. The molecule has 0 aromatic carbocycles. The van der Waals surface area contributed by atoms with E-state index in [0.717, 1.165) is 13.8 Å². The Morgan fingerprint density at radius 2 is 1.57 bits per heavy atom. The van der Waals surface area contributed by atoms with Gasteiger partial charge in [0.2, 0.25) is 11.8 Å². The highest BCUT2D eigenvalue weighted by Crippen LogP contribution is 2.38. The number of rotatable bonds is 17. The molecule has 3 fully saturated rings. The van der Waals surface area contributed by atoms with Gasteiger partial charge in [0.25, 0.3) is 11.7 Å². The van der Waals surface area contributed by atoms with Crippen LogP contribution in [0.1, 0.15) is 30.8 Å². The number of carboxylic acids is 1. The lowest BCUT2D eigenvalue weighted by molar-refractivity contribution is -0.382. The minimum atomic E-state index is -3.09. The van der Waals surface area contributed by atoms with Crippen LogP contribution < -0.4 is 21.7 Å². The van der Waals surface area contributed by atoms with Crippen LogP contribution in [0, 0.1) is 0 Å². The van der Waals surface area contributed by atoms with Crippen molar-refractivity contribution in [2.24, 2.45) is 5.73 Å². The average molecular weight is 811 g/mol. The van der Waals surface area contributed by atoms with Gasteiger partial charge in [-0.1, -0.05) is 0 Å². The second kappa shape index (κ2) is 19.8. The predicted octanol–water partition coefficient (Wildman–Crippen LogP) is -7.07. The third kappa shape index (κ3) is 10.3. The van der Waals surface area contributed by atoms with Gasteiger partial charge in [0.05, 0.1) is 44.3 Å². The normalized spacial score (nSPS) is 37.2. The van der Waals surface area contributed by atoms with E-state index in [1.807, 2.05) is 0 Å². The molecule has 318 valence electrons. The summed E-state index contributed by atoms with van der Waals surface area (Å²) in [5.41, 5.74) is 5.49. The van der Waals surface area contributed by atoms with E-state index in [2.05, 4.69) is 16.0 Å². The number of hydrogen-bond donors (Lipinski definition) is 13. The Balaban J connectivity index is 1.61. The Bertz CT molecular complexity index is 1460. The quantitative estimate of drug-likeness (QED) is 0.0695. The highest BCUT2D eigenvalue weighted by Gasteiger charge is 2.60. The lowest BCUT2D eigenvalue weighted by Crippen LogP contribution is -2.71. The summed E-state index contributed by atoms with van der Waals surface area (Å²) < 4.78 is 39.0. The maximum Gasteiger partial charge on any atom is 0.364 e. The Morgan fingerprint density at radius 1 is 0.929 bits per heavy atom. The lowest BCUT2D eigenvalue weighted by Gasteiger charge is -2.51. The number of furan rings is 1. The number of nitrogens with two attached hydrogens (primary N) is 1. The molecule has 3 aliphatic rings. The van der Waals surface area contributed by atoms with Crippen LogP contribution in [0.4, 0.5) is 0 Å². The fraction of sp³-hybridized carbons (Fsp3) is 0.750. The molecular formula is C32H50N4O20. The molecule has 0 unspecified atom stereocenters. The summed E-state index contributed by atoms with van der Waals surface area (Å²) in [6.07, 6.45) is -24.1. The number of nitrogens with one attached hydrogen (secondary N) is 3. The molecule has 0 bridgehead atoms. The standard InChI is InChI=1S/C32H50N4O20/c1-12(39)35-19-14(41)8-32(31(48)49,55-26(19)21(43)15(42)9-34-28(47)16-4-3-6-50-16)56-27-22(44)17(10-37)52-30(24(27)46)54-25-18(11-38)53-29(51-7-5-33)20(23(25)45)36-13(2)40/h3-4,6,14-15,17-27,29-30,37-38,41-46H,5,7-11,33H2,1-2H3,(H,34,47)(H,35,39)(H,36,40)(H,48,49)/t14-,15+,17+,18+,19+,20+,21+,22-,23+,24+,25+,26+,27-,29+,30-,32-/m0/s1. The summed E-state index contributed by atoms with van der Waals surface area (Å²) in [5.74, 6) is -7.42. The first kappa shape index (κ1) is 45.3. The highest BCUT2D eigenvalue weighted by molar-refractivity contribution is 5.91. The molecule has 3 aliphatic heterocycles. The van der Waals surface area contributed by atoms with Crippen molar-refractivity contribution in [1.29, 1.82) is 0 Å². The third-order valence-corrected chi connectivity index (χ3v) is 9.28. The molecule has 0 radical (unpaired) electrons. The van der Waals surface area contributed by atoms with Crippen LogP contribution in [-0.2, 0) is 42.8 Å². The Kier molecular flexibility index (Phi) is 16.0. The first-order valence-electron chi connectivity index (χ1n) is 17.5. The SMILES string of the molecule is CC(=O)N[C@H]1[C@H](OCCN)O[C@H](CO)[C@@H](O[C@@H]2O[C@H](CO)[C@H](O)[C@H](O[C@]3(C(=O)O)C[C@H](O)[C@@H](NC(C)=O)[C@H]([C@H](O)[C@H](O)CNC(=O)c4ccco4)O3)[C@H]2O)[C@@H]1O. The van der Waals surface area contributed by atoms with Gasteiger partial charge < -0.3 is 100 Å². The van der Waals surface area contributed by atoms with E-state index in [1.54, 1.807) is 0 Å². The monoisotopic (exact) mass is 810 g/mol. The Morgan fingerprint density at radius 3 is 2.14 bits per heavy atom. The molecule has 0 aliphatic carbocycles. The summed E-state index contributed by atoms with van der Waals surface area (Å²) >= 11 is 0. The summed E-state index contributed by atoms with van der Waals surface area (Å²) in [4.78, 5) is 49.4. The van der Waals surface area contributed by atoms with E-state index in [0.29, 0.717) is 0 Å². The van der Waals surface area contributed by atoms with Crippen molar-refractivity contribution in [1.82, 2.24) is 16.0 Å². The zero-order valence-corrected chi connectivity index (χ0v) is 30.2. The summed E-state index contributed by atoms with van der Waals surface area (Å²) in [6.45, 7) is -0.367. The molecule has 4 rings (SSSR count). The zero-order chi connectivity index (χ0) is 41.5. The minimum absolute atomic E-state index is 0.0261. The van der Waals surface area contributed by atoms with Crippen LogP contribution in [0.5, 0.6) is 0 Å². The maximum absolute atomic E-state index is 13.0.